The average Bonchev–Trinajstić information content (AvgIpc) is 3.45. The first-order valence-electron chi connectivity index (χ1n) is 9.62. The van der Waals surface area contributed by atoms with Crippen molar-refractivity contribution >= 4 is 33.5 Å². The molecule has 3 heterocycles. The maximum atomic E-state index is 12.7. The summed E-state index contributed by atoms with van der Waals surface area (Å²) in [4.78, 5) is 19.0. The SMILES string of the molecule is COc1cccc([C@@H](OC)C(=O)Nc2nnc(N[C@@H]3CCN(c4nccnn4)C3)s2)c1. The number of nitrogens with zero attached hydrogens (tertiary/aromatic N) is 6. The molecule has 162 valence electrons. The van der Waals surface area contributed by atoms with Crippen molar-refractivity contribution in [3.05, 3.63) is 42.2 Å². The Morgan fingerprint density at radius 2 is 2.10 bits per heavy atom. The number of nitrogens with one attached hydrogen (secondary N) is 2. The van der Waals surface area contributed by atoms with Gasteiger partial charge in [0.2, 0.25) is 16.2 Å². The highest BCUT2D eigenvalue weighted by Crippen LogP contribution is 2.27. The normalized spacial score (nSPS) is 16.7. The number of hydrogen-bond acceptors (Lipinski definition) is 11. The van der Waals surface area contributed by atoms with Gasteiger partial charge in [0.15, 0.2) is 6.10 Å². The second-order valence-electron chi connectivity index (χ2n) is 6.81. The molecule has 11 nitrogen and oxygen atoms in total. The molecule has 0 aliphatic carbocycles. The number of carbonyl (C=O) groups excluding carboxylic acids is 1. The van der Waals surface area contributed by atoms with Crippen LogP contribution in [-0.2, 0) is 9.53 Å². The minimum Gasteiger partial charge on any atom is -0.497 e. The second-order valence-corrected chi connectivity index (χ2v) is 7.79. The van der Waals surface area contributed by atoms with Crippen LogP contribution in [0.3, 0.4) is 0 Å². The van der Waals surface area contributed by atoms with Crippen LogP contribution in [0.1, 0.15) is 18.1 Å². The summed E-state index contributed by atoms with van der Waals surface area (Å²) < 4.78 is 10.6. The molecule has 1 aliphatic rings. The second kappa shape index (κ2) is 9.62. The van der Waals surface area contributed by atoms with Crippen molar-refractivity contribution in [1.82, 2.24) is 25.4 Å². The minimum atomic E-state index is -0.793. The summed E-state index contributed by atoms with van der Waals surface area (Å²) in [5, 5.41) is 23.3. The molecular formula is C19H22N8O3S. The van der Waals surface area contributed by atoms with Crippen LogP contribution in [0.2, 0.25) is 0 Å². The van der Waals surface area contributed by atoms with Crippen molar-refractivity contribution in [2.24, 2.45) is 0 Å². The Hall–Kier alpha value is -3.38. The lowest BCUT2D eigenvalue weighted by atomic mass is 10.1. The number of amides is 1. The fourth-order valence-electron chi connectivity index (χ4n) is 3.32. The molecule has 3 aromatic rings. The van der Waals surface area contributed by atoms with Crippen molar-refractivity contribution in [3.8, 4) is 5.75 Å². The van der Waals surface area contributed by atoms with Gasteiger partial charge < -0.3 is 19.7 Å². The number of ether oxygens (including phenoxy) is 2. The summed E-state index contributed by atoms with van der Waals surface area (Å²) in [6, 6.07) is 7.35. The van der Waals surface area contributed by atoms with Crippen molar-refractivity contribution < 1.29 is 14.3 Å². The fraction of sp³-hybridized carbons (Fsp3) is 0.368. The monoisotopic (exact) mass is 442 g/mol. The number of benzene rings is 1. The van der Waals surface area contributed by atoms with E-state index in [-0.39, 0.29) is 11.9 Å². The van der Waals surface area contributed by atoms with Gasteiger partial charge in [0.25, 0.3) is 5.91 Å². The third-order valence-corrected chi connectivity index (χ3v) is 5.56. The van der Waals surface area contributed by atoms with Gasteiger partial charge in [-0.05, 0) is 24.1 Å². The molecule has 12 heteroatoms. The van der Waals surface area contributed by atoms with Crippen LogP contribution in [0, 0.1) is 0 Å². The average molecular weight is 443 g/mol. The zero-order valence-electron chi connectivity index (χ0n) is 17.1. The van der Waals surface area contributed by atoms with Gasteiger partial charge in [0.05, 0.1) is 19.5 Å². The van der Waals surface area contributed by atoms with E-state index in [0.717, 1.165) is 19.5 Å². The maximum absolute atomic E-state index is 12.7. The lowest BCUT2D eigenvalue weighted by Gasteiger charge is -2.15. The first-order valence-corrected chi connectivity index (χ1v) is 10.4. The van der Waals surface area contributed by atoms with Crippen LogP contribution in [0.5, 0.6) is 5.75 Å². The third kappa shape index (κ3) is 5.03. The number of hydrogen-bond donors (Lipinski definition) is 2. The molecule has 1 amide bonds. The quantitative estimate of drug-likeness (QED) is 0.532. The van der Waals surface area contributed by atoms with E-state index in [4.69, 9.17) is 9.47 Å². The van der Waals surface area contributed by atoms with E-state index in [1.54, 1.807) is 37.7 Å². The first-order chi connectivity index (χ1) is 15.2. The zero-order valence-corrected chi connectivity index (χ0v) is 17.9. The number of aromatic nitrogens is 5. The van der Waals surface area contributed by atoms with Gasteiger partial charge in [0.1, 0.15) is 5.75 Å². The van der Waals surface area contributed by atoms with E-state index in [2.05, 4.69) is 40.9 Å². The van der Waals surface area contributed by atoms with E-state index in [0.29, 0.717) is 27.5 Å². The number of methoxy groups -OCH3 is 2. The van der Waals surface area contributed by atoms with Gasteiger partial charge in [-0.1, -0.05) is 23.5 Å². The minimum absolute atomic E-state index is 0.170. The van der Waals surface area contributed by atoms with Gasteiger partial charge in [-0.15, -0.1) is 15.3 Å². The van der Waals surface area contributed by atoms with Crippen LogP contribution in [0.4, 0.5) is 16.2 Å². The number of rotatable bonds is 8. The van der Waals surface area contributed by atoms with Crippen molar-refractivity contribution in [2.75, 3.05) is 42.8 Å². The molecule has 1 fully saturated rings. The molecule has 0 unspecified atom stereocenters. The van der Waals surface area contributed by atoms with Gasteiger partial charge in [-0.3, -0.25) is 10.1 Å². The lowest BCUT2D eigenvalue weighted by molar-refractivity contribution is -0.126. The largest absolute Gasteiger partial charge is 0.497 e. The predicted octanol–water partition coefficient (Wildman–Crippen LogP) is 1.75. The van der Waals surface area contributed by atoms with E-state index in [1.165, 1.54) is 18.4 Å². The molecule has 4 rings (SSSR count). The molecule has 1 aromatic carbocycles. The molecule has 0 spiro atoms. The summed E-state index contributed by atoms with van der Waals surface area (Å²) in [5.74, 6) is 0.927. The Morgan fingerprint density at radius 1 is 1.23 bits per heavy atom. The summed E-state index contributed by atoms with van der Waals surface area (Å²) in [5.41, 5.74) is 0.686. The van der Waals surface area contributed by atoms with E-state index < -0.39 is 6.10 Å². The van der Waals surface area contributed by atoms with Crippen LogP contribution in [0.15, 0.2) is 36.7 Å². The third-order valence-electron chi connectivity index (χ3n) is 4.79. The van der Waals surface area contributed by atoms with Crippen LogP contribution < -0.4 is 20.3 Å². The highest BCUT2D eigenvalue weighted by Gasteiger charge is 2.26. The summed E-state index contributed by atoms with van der Waals surface area (Å²) in [6.45, 7) is 1.55. The molecule has 0 radical (unpaired) electrons. The molecule has 1 aliphatic heterocycles. The fourth-order valence-corrected chi connectivity index (χ4v) is 4.05. The van der Waals surface area contributed by atoms with Crippen molar-refractivity contribution in [3.63, 3.8) is 0 Å². The molecule has 0 saturated carbocycles. The Balaban J connectivity index is 1.35. The molecule has 2 aromatic heterocycles. The van der Waals surface area contributed by atoms with Gasteiger partial charge in [-0.2, -0.15) is 5.10 Å². The van der Waals surface area contributed by atoms with Gasteiger partial charge in [-0.25, -0.2) is 4.98 Å². The van der Waals surface area contributed by atoms with Gasteiger partial charge in [0, 0.05) is 26.2 Å². The van der Waals surface area contributed by atoms with E-state index in [9.17, 15) is 4.79 Å². The summed E-state index contributed by atoms with van der Waals surface area (Å²) >= 11 is 1.27. The standard InChI is InChI=1S/C19H22N8O3S/c1-29-14-5-3-4-12(10-14)15(30-2)16(28)23-19-26-25-18(31-19)22-13-6-9-27(11-13)17-20-7-8-21-24-17/h3-5,7-8,10,13,15H,6,9,11H2,1-2H3,(H,22,25)(H,23,26,28)/t13-,15-/m1/s1. The Kier molecular flexibility index (Phi) is 6.48. The van der Waals surface area contributed by atoms with Crippen molar-refractivity contribution in [1.29, 1.82) is 0 Å². The topological polar surface area (TPSA) is 127 Å². The maximum Gasteiger partial charge on any atom is 0.259 e. The molecule has 2 atom stereocenters. The van der Waals surface area contributed by atoms with Crippen molar-refractivity contribution in [2.45, 2.75) is 18.6 Å². The first kappa shape index (κ1) is 20.9. The molecular weight excluding hydrogens is 420 g/mol. The molecule has 31 heavy (non-hydrogen) atoms. The summed E-state index contributed by atoms with van der Waals surface area (Å²) in [6.07, 6.45) is 3.29. The molecule has 0 bridgehead atoms. The van der Waals surface area contributed by atoms with Gasteiger partial charge >= 0.3 is 0 Å². The van der Waals surface area contributed by atoms with Crippen LogP contribution in [0.25, 0.3) is 0 Å². The lowest BCUT2D eigenvalue weighted by Crippen LogP contribution is -2.27. The molecule has 2 N–H and O–H groups in total. The Labute approximate surface area is 182 Å². The summed E-state index contributed by atoms with van der Waals surface area (Å²) in [7, 11) is 3.05. The van der Waals surface area contributed by atoms with Crippen LogP contribution in [-0.4, -0.2) is 64.6 Å². The highest BCUT2D eigenvalue weighted by molar-refractivity contribution is 7.19. The highest BCUT2D eigenvalue weighted by atomic mass is 32.1. The van der Waals surface area contributed by atoms with E-state index in [1.807, 2.05) is 6.07 Å². The zero-order chi connectivity index (χ0) is 21.6. The smallest absolute Gasteiger partial charge is 0.259 e. The number of anilines is 3. The van der Waals surface area contributed by atoms with E-state index >= 15 is 0 Å². The van der Waals surface area contributed by atoms with Crippen LogP contribution >= 0.6 is 11.3 Å². The predicted molar refractivity (Wildman–Crippen MR) is 115 cm³/mol. The Morgan fingerprint density at radius 3 is 2.87 bits per heavy atom. The number of carbonyl (C=O) groups is 1. The molecule has 1 saturated heterocycles. The Bertz CT molecular complexity index is 1020.